The van der Waals surface area contributed by atoms with E-state index in [1.807, 2.05) is 0 Å². The van der Waals surface area contributed by atoms with Gasteiger partial charge in [-0.25, -0.2) is 9.97 Å². The largest absolute Gasteiger partial charge is 0.378 e. The molecule has 0 radical (unpaired) electrons. The van der Waals surface area contributed by atoms with Crippen LogP contribution in [-0.4, -0.2) is 62.5 Å². The first kappa shape index (κ1) is 16.8. The molecule has 3 fully saturated rings. The summed E-state index contributed by atoms with van der Waals surface area (Å²) in [5, 5.41) is 0. The number of hydrogen-bond donors (Lipinski definition) is 0. The van der Waals surface area contributed by atoms with Crippen LogP contribution >= 0.6 is 0 Å². The SMILES string of the molecule is c1ccc(N2CC3(CCCN(c4cc(N5CCOCC5)ncn4)C3)C2)cc1. The van der Waals surface area contributed by atoms with E-state index in [9.17, 15) is 0 Å². The molecular formula is C21H27N5O. The molecule has 1 aromatic carbocycles. The zero-order valence-corrected chi connectivity index (χ0v) is 15.8. The second-order valence-corrected chi connectivity index (χ2v) is 8.05. The molecule has 0 unspecified atom stereocenters. The molecule has 5 rings (SSSR count). The van der Waals surface area contributed by atoms with Crippen LogP contribution in [0, 0.1) is 5.41 Å². The molecule has 142 valence electrons. The van der Waals surface area contributed by atoms with Gasteiger partial charge in [0.05, 0.1) is 13.2 Å². The number of rotatable bonds is 3. The summed E-state index contributed by atoms with van der Waals surface area (Å²) in [6, 6.07) is 12.9. The van der Waals surface area contributed by atoms with Crippen LogP contribution in [0.2, 0.25) is 0 Å². The van der Waals surface area contributed by atoms with Crippen molar-refractivity contribution in [2.45, 2.75) is 12.8 Å². The van der Waals surface area contributed by atoms with Gasteiger partial charge in [-0.3, -0.25) is 0 Å². The Morgan fingerprint density at radius 2 is 1.52 bits per heavy atom. The van der Waals surface area contributed by atoms with Crippen molar-refractivity contribution < 1.29 is 4.74 Å². The summed E-state index contributed by atoms with van der Waals surface area (Å²) in [7, 11) is 0. The summed E-state index contributed by atoms with van der Waals surface area (Å²) in [6.45, 7) is 7.86. The number of hydrogen-bond acceptors (Lipinski definition) is 6. The van der Waals surface area contributed by atoms with Gasteiger partial charge in [0.25, 0.3) is 0 Å². The standard InChI is InChI=1S/C21H27N5O/c1-2-5-18(6-3-1)26-15-21(16-26)7-4-8-25(14-21)20-13-19(22-17-23-20)24-9-11-27-12-10-24/h1-3,5-6,13,17H,4,7-12,14-16H2. The average Bonchev–Trinajstić information content (AvgIpc) is 2.73. The summed E-state index contributed by atoms with van der Waals surface area (Å²) in [5.74, 6) is 2.10. The van der Waals surface area contributed by atoms with E-state index in [0.29, 0.717) is 5.41 Å². The number of aromatic nitrogens is 2. The van der Waals surface area contributed by atoms with E-state index in [2.05, 4.69) is 61.1 Å². The van der Waals surface area contributed by atoms with Crippen LogP contribution < -0.4 is 14.7 Å². The van der Waals surface area contributed by atoms with Crippen LogP contribution in [0.5, 0.6) is 0 Å². The monoisotopic (exact) mass is 365 g/mol. The van der Waals surface area contributed by atoms with Crippen molar-refractivity contribution in [1.29, 1.82) is 0 Å². The normalized spacial score (nSPS) is 22.0. The molecule has 6 nitrogen and oxygen atoms in total. The van der Waals surface area contributed by atoms with Gasteiger partial charge in [0, 0.05) is 56.4 Å². The van der Waals surface area contributed by atoms with Gasteiger partial charge in [0.15, 0.2) is 0 Å². The van der Waals surface area contributed by atoms with Crippen LogP contribution in [0.25, 0.3) is 0 Å². The second-order valence-electron chi connectivity index (χ2n) is 8.05. The van der Waals surface area contributed by atoms with Crippen LogP contribution in [0.15, 0.2) is 42.7 Å². The van der Waals surface area contributed by atoms with E-state index in [1.165, 1.54) is 18.5 Å². The fourth-order valence-corrected chi connectivity index (χ4v) is 4.72. The summed E-state index contributed by atoms with van der Waals surface area (Å²) < 4.78 is 5.46. The minimum atomic E-state index is 0.401. The molecule has 6 heteroatoms. The highest BCUT2D eigenvalue weighted by molar-refractivity contribution is 5.53. The second kappa shape index (κ2) is 7.00. The minimum absolute atomic E-state index is 0.401. The van der Waals surface area contributed by atoms with Gasteiger partial charge in [-0.15, -0.1) is 0 Å². The maximum absolute atomic E-state index is 5.46. The van der Waals surface area contributed by atoms with E-state index in [0.717, 1.165) is 64.1 Å². The number of morpholine rings is 1. The molecule has 1 aromatic heterocycles. The Balaban J connectivity index is 1.28. The predicted molar refractivity (Wildman–Crippen MR) is 108 cm³/mol. The Bertz CT molecular complexity index is 771. The first-order valence-electron chi connectivity index (χ1n) is 10.0. The number of piperidine rings is 1. The minimum Gasteiger partial charge on any atom is -0.378 e. The van der Waals surface area contributed by atoms with Crippen molar-refractivity contribution in [2.75, 3.05) is 67.2 Å². The van der Waals surface area contributed by atoms with Crippen LogP contribution in [-0.2, 0) is 4.74 Å². The molecule has 0 aliphatic carbocycles. The first-order chi connectivity index (χ1) is 13.3. The highest BCUT2D eigenvalue weighted by atomic mass is 16.5. The Morgan fingerprint density at radius 3 is 2.30 bits per heavy atom. The van der Waals surface area contributed by atoms with Crippen molar-refractivity contribution in [3.8, 4) is 0 Å². The fraction of sp³-hybridized carbons (Fsp3) is 0.524. The lowest BCUT2D eigenvalue weighted by atomic mass is 9.73. The topological polar surface area (TPSA) is 44.7 Å². The van der Waals surface area contributed by atoms with E-state index in [-0.39, 0.29) is 0 Å². The number of para-hydroxylation sites is 1. The summed E-state index contributed by atoms with van der Waals surface area (Å²) >= 11 is 0. The van der Waals surface area contributed by atoms with Gasteiger partial charge < -0.3 is 19.4 Å². The molecule has 4 heterocycles. The summed E-state index contributed by atoms with van der Waals surface area (Å²) in [4.78, 5) is 16.4. The third-order valence-electron chi connectivity index (χ3n) is 6.13. The lowest BCUT2D eigenvalue weighted by Gasteiger charge is -2.55. The molecule has 0 saturated carbocycles. The third kappa shape index (κ3) is 3.34. The van der Waals surface area contributed by atoms with Gasteiger partial charge in [-0.05, 0) is 25.0 Å². The molecule has 3 aliphatic rings. The van der Waals surface area contributed by atoms with Crippen molar-refractivity contribution in [3.63, 3.8) is 0 Å². The Hall–Kier alpha value is -2.34. The lowest BCUT2D eigenvalue weighted by molar-refractivity contribution is 0.122. The van der Waals surface area contributed by atoms with Crippen molar-refractivity contribution in [2.24, 2.45) is 5.41 Å². The molecular weight excluding hydrogens is 338 g/mol. The Morgan fingerprint density at radius 1 is 0.815 bits per heavy atom. The van der Waals surface area contributed by atoms with Crippen LogP contribution in [0.1, 0.15) is 12.8 Å². The van der Waals surface area contributed by atoms with E-state index in [1.54, 1.807) is 6.33 Å². The molecule has 0 atom stereocenters. The smallest absolute Gasteiger partial charge is 0.134 e. The summed E-state index contributed by atoms with van der Waals surface area (Å²) in [6.07, 6.45) is 4.27. The molecule has 0 amide bonds. The number of benzene rings is 1. The van der Waals surface area contributed by atoms with Gasteiger partial charge in [0.1, 0.15) is 18.0 Å². The molecule has 1 spiro atoms. The quantitative estimate of drug-likeness (QED) is 0.832. The zero-order chi connectivity index (χ0) is 18.1. The Labute approximate surface area is 160 Å². The van der Waals surface area contributed by atoms with Gasteiger partial charge in [0.2, 0.25) is 0 Å². The first-order valence-corrected chi connectivity index (χ1v) is 10.0. The molecule has 3 aliphatic heterocycles. The molecule has 0 N–H and O–H groups in total. The Kier molecular flexibility index (Phi) is 4.36. The number of ether oxygens (including phenoxy) is 1. The predicted octanol–water partition coefficient (Wildman–Crippen LogP) is 2.42. The van der Waals surface area contributed by atoms with E-state index >= 15 is 0 Å². The zero-order valence-electron chi connectivity index (χ0n) is 15.8. The van der Waals surface area contributed by atoms with Gasteiger partial charge >= 0.3 is 0 Å². The fourth-order valence-electron chi connectivity index (χ4n) is 4.72. The maximum Gasteiger partial charge on any atom is 0.134 e. The van der Waals surface area contributed by atoms with Crippen molar-refractivity contribution >= 4 is 17.3 Å². The third-order valence-corrected chi connectivity index (χ3v) is 6.13. The van der Waals surface area contributed by atoms with E-state index < -0.39 is 0 Å². The van der Waals surface area contributed by atoms with E-state index in [4.69, 9.17) is 4.74 Å². The molecule has 3 saturated heterocycles. The van der Waals surface area contributed by atoms with Crippen molar-refractivity contribution in [1.82, 2.24) is 9.97 Å². The van der Waals surface area contributed by atoms with Gasteiger partial charge in [-0.1, -0.05) is 18.2 Å². The number of nitrogens with zero attached hydrogens (tertiary/aromatic N) is 5. The van der Waals surface area contributed by atoms with Crippen LogP contribution in [0.3, 0.4) is 0 Å². The maximum atomic E-state index is 5.46. The van der Waals surface area contributed by atoms with Gasteiger partial charge in [-0.2, -0.15) is 0 Å². The van der Waals surface area contributed by atoms with Crippen molar-refractivity contribution in [3.05, 3.63) is 42.7 Å². The number of anilines is 3. The highest BCUT2D eigenvalue weighted by Crippen LogP contribution is 2.42. The lowest BCUT2D eigenvalue weighted by Crippen LogP contribution is -2.63. The summed E-state index contributed by atoms with van der Waals surface area (Å²) in [5.41, 5.74) is 1.75. The van der Waals surface area contributed by atoms with Crippen LogP contribution in [0.4, 0.5) is 17.3 Å². The molecule has 0 bridgehead atoms. The molecule has 27 heavy (non-hydrogen) atoms. The highest BCUT2D eigenvalue weighted by Gasteiger charge is 2.46. The average molecular weight is 365 g/mol. The molecule has 2 aromatic rings.